The van der Waals surface area contributed by atoms with Gasteiger partial charge in [0.15, 0.2) is 0 Å². The summed E-state index contributed by atoms with van der Waals surface area (Å²) in [6, 6.07) is 0. The molecule has 0 saturated heterocycles. The Hall–Kier alpha value is 0.0800. The van der Waals surface area contributed by atoms with E-state index < -0.39 is 9.58 Å². The first-order chi connectivity index (χ1) is 6.38. The third-order valence-electron chi connectivity index (χ3n) is 1.62. The lowest BCUT2D eigenvalue weighted by Crippen LogP contribution is -2.18. The van der Waals surface area contributed by atoms with Crippen LogP contribution in [0.1, 0.15) is 19.8 Å². The molecular formula is C9H14Cl3NO. The molecular weight excluding hydrogens is 244 g/mol. The fourth-order valence-corrected chi connectivity index (χ4v) is 0.960. The highest BCUT2D eigenvalue weighted by Gasteiger charge is 2.27. The highest BCUT2D eigenvalue weighted by Crippen LogP contribution is 2.27. The molecule has 0 bridgehead atoms. The molecule has 0 aliphatic heterocycles. The van der Waals surface area contributed by atoms with E-state index in [1.807, 2.05) is 11.9 Å². The van der Waals surface area contributed by atoms with Gasteiger partial charge in [0.05, 0.1) is 0 Å². The highest BCUT2D eigenvalue weighted by atomic mass is 35.6. The first-order valence-electron chi connectivity index (χ1n) is 4.37. The van der Waals surface area contributed by atoms with E-state index in [0.717, 1.165) is 19.4 Å². The summed E-state index contributed by atoms with van der Waals surface area (Å²) in [7, 11) is 1.87. The van der Waals surface area contributed by atoms with E-state index in [4.69, 9.17) is 34.8 Å². The van der Waals surface area contributed by atoms with Crippen LogP contribution in [0.5, 0.6) is 0 Å². The Morgan fingerprint density at radius 1 is 1.43 bits per heavy atom. The van der Waals surface area contributed by atoms with Gasteiger partial charge in [-0.1, -0.05) is 48.1 Å². The minimum absolute atomic E-state index is 0.522. The van der Waals surface area contributed by atoms with Gasteiger partial charge in [0, 0.05) is 25.9 Å². The molecule has 0 aromatic heterocycles. The topological polar surface area (TPSA) is 20.3 Å². The molecule has 0 amide bonds. The molecule has 0 radical (unpaired) electrons. The first-order valence-corrected chi connectivity index (χ1v) is 5.51. The fourth-order valence-electron chi connectivity index (χ4n) is 0.771. The zero-order valence-corrected chi connectivity index (χ0v) is 10.5. The minimum atomic E-state index is -1.85. The van der Waals surface area contributed by atoms with Gasteiger partial charge < -0.3 is 4.90 Å². The van der Waals surface area contributed by atoms with Crippen LogP contribution >= 0.6 is 34.8 Å². The Morgan fingerprint density at radius 3 is 2.43 bits per heavy atom. The van der Waals surface area contributed by atoms with Crippen LogP contribution in [0.4, 0.5) is 0 Å². The van der Waals surface area contributed by atoms with Gasteiger partial charge in [-0.25, -0.2) is 0 Å². The molecule has 0 heterocycles. The van der Waals surface area contributed by atoms with Gasteiger partial charge in [0.2, 0.25) is 5.78 Å². The number of nitrogens with zero attached hydrogens (tertiary/aromatic N) is 1. The standard InChI is InChI=1S/C9H14Cl3NO/c1-3-4-6-13(2)7-5-8(14)9(10,11)12/h5,7H,3-4,6H2,1-2H3/b7-5+. The summed E-state index contributed by atoms with van der Waals surface area (Å²) in [4.78, 5) is 13.0. The molecule has 0 aromatic rings. The molecule has 0 aromatic carbocycles. The van der Waals surface area contributed by atoms with Crippen LogP contribution in [0.25, 0.3) is 0 Å². The highest BCUT2D eigenvalue weighted by molar-refractivity contribution is 6.77. The largest absolute Gasteiger partial charge is 0.380 e. The van der Waals surface area contributed by atoms with Crippen molar-refractivity contribution in [3.63, 3.8) is 0 Å². The lowest BCUT2D eigenvalue weighted by Gasteiger charge is -2.13. The number of allylic oxidation sites excluding steroid dienone is 1. The summed E-state index contributed by atoms with van der Waals surface area (Å²) in [5.41, 5.74) is 0. The van der Waals surface area contributed by atoms with Crippen LogP contribution < -0.4 is 0 Å². The van der Waals surface area contributed by atoms with Crippen molar-refractivity contribution in [1.82, 2.24) is 4.90 Å². The zero-order chi connectivity index (χ0) is 11.2. The SMILES string of the molecule is CCCCN(C)/C=C/C(=O)C(Cl)(Cl)Cl. The Balaban J connectivity index is 3.98. The Morgan fingerprint density at radius 2 is 2.00 bits per heavy atom. The number of rotatable bonds is 5. The van der Waals surface area contributed by atoms with Crippen molar-refractivity contribution >= 4 is 40.6 Å². The number of alkyl halides is 3. The molecule has 0 rings (SSSR count). The molecule has 0 fully saturated rings. The summed E-state index contributed by atoms with van der Waals surface area (Å²) in [5.74, 6) is -0.522. The smallest absolute Gasteiger partial charge is 0.252 e. The van der Waals surface area contributed by atoms with Gasteiger partial charge in [0.1, 0.15) is 0 Å². The molecule has 0 aliphatic carbocycles. The summed E-state index contributed by atoms with van der Waals surface area (Å²) in [5, 5.41) is 0. The molecule has 82 valence electrons. The van der Waals surface area contributed by atoms with E-state index in [-0.39, 0.29) is 0 Å². The maximum Gasteiger partial charge on any atom is 0.252 e. The summed E-state index contributed by atoms with van der Waals surface area (Å²) < 4.78 is -1.85. The Labute approximate surface area is 99.8 Å². The Bertz CT molecular complexity index is 211. The van der Waals surface area contributed by atoms with Crippen molar-refractivity contribution in [1.29, 1.82) is 0 Å². The predicted octanol–water partition coefficient (Wildman–Crippen LogP) is 3.17. The average molecular weight is 259 g/mol. The van der Waals surface area contributed by atoms with E-state index in [1.165, 1.54) is 6.08 Å². The van der Waals surface area contributed by atoms with Crippen molar-refractivity contribution in [3.05, 3.63) is 12.3 Å². The van der Waals surface area contributed by atoms with Gasteiger partial charge in [-0.2, -0.15) is 0 Å². The summed E-state index contributed by atoms with van der Waals surface area (Å²) >= 11 is 16.1. The minimum Gasteiger partial charge on any atom is -0.380 e. The second-order valence-electron chi connectivity index (χ2n) is 3.01. The number of hydrogen-bond donors (Lipinski definition) is 0. The maximum atomic E-state index is 11.1. The normalized spacial score (nSPS) is 12.1. The van der Waals surface area contributed by atoms with Crippen LogP contribution in [-0.4, -0.2) is 28.1 Å². The number of unbranched alkanes of at least 4 members (excludes halogenated alkanes) is 1. The van der Waals surface area contributed by atoms with E-state index in [1.54, 1.807) is 6.20 Å². The van der Waals surface area contributed by atoms with Gasteiger partial charge in [0.25, 0.3) is 3.79 Å². The van der Waals surface area contributed by atoms with E-state index in [0.29, 0.717) is 0 Å². The zero-order valence-electron chi connectivity index (χ0n) is 8.27. The summed E-state index contributed by atoms with van der Waals surface area (Å²) in [6.07, 6.45) is 5.09. The number of ketones is 1. The lowest BCUT2D eigenvalue weighted by molar-refractivity contribution is -0.113. The quantitative estimate of drug-likeness (QED) is 0.558. The molecule has 14 heavy (non-hydrogen) atoms. The van der Waals surface area contributed by atoms with Crippen molar-refractivity contribution < 1.29 is 4.79 Å². The van der Waals surface area contributed by atoms with E-state index >= 15 is 0 Å². The van der Waals surface area contributed by atoms with Crippen LogP contribution in [-0.2, 0) is 4.79 Å². The molecule has 0 N–H and O–H groups in total. The predicted molar refractivity (Wildman–Crippen MR) is 62.0 cm³/mol. The monoisotopic (exact) mass is 257 g/mol. The molecule has 0 spiro atoms. The molecule has 2 nitrogen and oxygen atoms in total. The number of carbonyl (C=O) groups is 1. The molecule has 0 unspecified atom stereocenters. The molecule has 0 atom stereocenters. The van der Waals surface area contributed by atoms with E-state index in [2.05, 4.69) is 6.92 Å². The van der Waals surface area contributed by atoms with E-state index in [9.17, 15) is 4.79 Å². The number of hydrogen-bond acceptors (Lipinski definition) is 2. The Kier molecular flexibility index (Phi) is 6.58. The van der Waals surface area contributed by atoms with Crippen molar-refractivity contribution in [2.75, 3.05) is 13.6 Å². The lowest BCUT2D eigenvalue weighted by atomic mass is 10.3. The van der Waals surface area contributed by atoms with Gasteiger partial charge >= 0.3 is 0 Å². The third-order valence-corrected chi connectivity index (χ3v) is 2.18. The van der Waals surface area contributed by atoms with Gasteiger partial charge in [-0.15, -0.1) is 0 Å². The summed E-state index contributed by atoms with van der Waals surface area (Å²) in [6.45, 7) is 2.99. The first kappa shape index (κ1) is 14.1. The van der Waals surface area contributed by atoms with Crippen LogP contribution in [0.15, 0.2) is 12.3 Å². The fraction of sp³-hybridized carbons (Fsp3) is 0.667. The average Bonchev–Trinajstić information content (AvgIpc) is 2.09. The van der Waals surface area contributed by atoms with Crippen molar-refractivity contribution in [3.8, 4) is 0 Å². The molecule has 0 saturated carbocycles. The molecule has 5 heteroatoms. The third kappa shape index (κ3) is 6.52. The number of carbonyl (C=O) groups excluding carboxylic acids is 1. The van der Waals surface area contributed by atoms with Crippen molar-refractivity contribution in [2.45, 2.75) is 23.6 Å². The van der Waals surface area contributed by atoms with Gasteiger partial charge in [-0.05, 0) is 6.42 Å². The second-order valence-corrected chi connectivity index (χ2v) is 5.29. The van der Waals surface area contributed by atoms with Crippen LogP contribution in [0.2, 0.25) is 0 Å². The second kappa shape index (κ2) is 6.54. The van der Waals surface area contributed by atoms with Crippen LogP contribution in [0, 0.1) is 0 Å². The van der Waals surface area contributed by atoms with Crippen molar-refractivity contribution in [2.24, 2.45) is 0 Å². The number of halogens is 3. The molecule has 0 aliphatic rings. The van der Waals surface area contributed by atoms with Gasteiger partial charge in [-0.3, -0.25) is 4.79 Å². The maximum absolute atomic E-state index is 11.1. The van der Waals surface area contributed by atoms with Crippen LogP contribution in [0.3, 0.4) is 0 Å².